The summed E-state index contributed by atoms with van der Waals surface area (Å²) < 4.78 is 14.0. The number of amides is 2. The maximum Gasteiger partial charge on any atom is 0.258 e. The van der Waals surface area contributed by atoms with Crippen LogP contribution in [-0.2, 0) is 4.79 Å². The molecule has 0 radical (unpaired) electrons. The zero-order valence-electron chi connectivity index (χ0n) is 19.8. The topological polar surface area (TPSA) is 40.6 Å². The number of benzene rings is 3. The fraction of sp³-hybridized carbons (Fsp3) is 0.310. The smallest absolute Gasteiger partial charge is 0.258 e. The van der Waals surface area contributed by atoms with Crippen molar-refractivity contribution in [3.05, 3.63) is 95.8 Å². The molecule has 0 N–H and O–H groups in total. The van der Waals surface area contributed by atoms with Gasteiger partial charge in [-0.25, -0.2) is 4.39 Å². The molecule has 4 rings (SSSR count). The van der Waals surface area contributed by atoms with Gasteiger partial charge in [-0.1, -0.05) is 62.2 Å². The number of halogens is 1. The number of unbranched alkanes of at least 4 members (excludes halogenated alkanes) is 2. The molecule has 0 aromatic heterocycles. The molecule has 1 aliphatic rings. The number of fused-ring (bicyclic) bond motifs is 1. The van der Waals surface area contributed by atoms with Gasteiger partial charge in [0.1, 0.15) is 5.82 Å². The highest BCUT2D eigenvalue weighted by molar-refractivity contribution is 6.07. The van der Waals surface area contributed by atoms with Crippen LogP contribution in [0.5, 0.6) is 0 Å². The highest BCUT2D eigenvalue weighted by atomic mass is 19.1. The van der Waals surface area contributed by atoms with E-state index in [1.54, 1.807) is 17.0 Å². The molecular formula is C29H31FN2O2. The van der Waals surface area contributed by atoms with E-state index >= 15 is 0 Å². The maximum atomic E-state index is 14.0. The van der Waals surface area contributed by atoms with E-state index in [9.17, 15) is 14.0 Å². The molecule has 0 aliphatic carbocycles. The average Bonchev–Trinajstić information content (AvgIpc) is 2.85. The van der Waals surface area contributed by atoms with Crippen LogP contribution >= 0.6 is 0 Å². The van der Waals surface area contributed by atoms with Gasteiger partial charge in [0.05, 0.1) is 6.04 Å². The van der Waals surface area contributed by atoms with Crippen LogP contribution in [0.15, 0.2) is 78.9 Å². The standard InChI is InChI=1S/C29H31FN2O2/c1-3-4-6-18-28(33)31-21(2)19-27(25-16-9-10-17-26(25)31)32(24-14-7-5-8-15-24)29(34)22-12-11-13-23(30)20-22/h5,7-17,20-21,27H,3-4,6,18-19H2,1-2H3/t21-,27-/m0/s1. The van der Waals surface area contributed by atoms with Crippen LogP contribution in [0.25, 0.3) is 0 Å². The lowest BCUT2D eigenvalue weighted by atomic mass is 9.89. The first-order chi connectivity index (χ1) is 16.5. The molecule has 0 saturated heterocycles. The van der Waals surface area contributed by atoms with Gasteiger partial charge in [0.15, 0.2) is 0 Å². The van der Waals surface area contributed by atoms with E-state index < -0.39 is 5.82 Å². The van der Waals surface area contributed by atoms with Crippen molar-refractivity contribution in [3.63, 3.8) is 0 Å². The minimum Gasteiger partial charge on any atom is -0.309 e. The molecule has 5 heteroatoms. The predicted molar refractivity (Wildman–Crippen MR) is 135 cm³/mol. The van der Waals surface area contributed by atoms with Crippen molar-refractivity contribution in [2.45, 2.75) is 58.0 Å². The van der Waals surface area contributed by atoms with E-state index in [1.165, 1.54) is 12.1 Å². The Hall–Kier alpha value is -3.47. The molecule has 176 valence electrons. The first-order valence-electron chi connectivity index (χ1n) is 12.1. The summed E-state index contributed by atoms with van der Waals surface area (Å²) in [6.07, 6.45) is 4.07. The molecule has 0 saturated carbocycles. The Labute approximate surface area is 201 Å². The minimum atomic E-state index is -0.444. The predicted octanol–water partition coefficient (Wildman–Crippen LogP) is 6.92. The Morgan fingerprint density at radius 2 is 1.71 bits per heavy atom. The van der Waals surface area contributed by atoms with E-state index in [4.69, 9.17) is 0 Å². The van der Waals surface area contributed by atoms with Gasteiger partial charge in [0, 0.05) is 29.4 Å². The number of anilines is 2. The van der Waals surface area contributed by atoms with Gasteiger partial charge in [0.2, 0.25) is 5.91 Å². The van der Waals surface area contributed by atoms with E-state index in [1.807, 2.05) is 66.4 Å². The molecule has 2 amide bonds. The molecule has 2 atom stereocenters. The first kappa shape index (κ1) is 23.7. The fourth-order valence-corrected chi connectivity index (χ4v) is 4.84. The van der Waals surface area contributed by atoms with Gasteiger partial charge in [-0.3, -0.25) is 9.59 Å². The fourth-order valence-electron chi connectivity index (χ4n) is 4.84. The lowest BCUT2D eigenvalue weighted by Gasteiger charge is -2.43. The summed E-state index contributed by atoms with van der Waals surface area (Å²) in [6.45, 7) is 4.16. The second-order valence-electron chi connectivity index (χ2n) is 8.90. The monoisotopic (exact) mass is 458 g/mol. The number of para-hydroxylation sites is 2. The third-order valence-corrected chi connectivity index (χ3v) is 6.46. The van der Waals surface area contributed by atoms with Crippen LogP contribution < -0.4 is 9.80 Å². The van der Waals surface area contributed by atoms with E-state index in [2.05, 4.69) is 6.92 Å². The molecule has 3 aromatic carbocycles. The highest BCUT2D eigenvalue weighted by Gasteiger charge is 2.38. The van der Waals surface area contributed by atoms with Crippen molar-refractivity contribution >= 4 is 23.2 Å². The van der Waals surface area contributed by atoms with Gasteiger partial charge in [0.25, 0.3) is 5.91 Å². The van der Waals surface area contributed by atoms with E-state index in [-0.39, 0.29) is 23.9 Å². The Morgan fingerprint density at radius 1 is 0.971 bits per heavy atom. The van der Waals surface area contributed by atoms with Gasteiger partial charge >= 0.3 is 0 Å². The van der Waals surface area contributed by atoms with Gasteiger partial charge in [-0.2, -0.15) is 0 Å². The van der Waals surface area contributed by atoms with Crippen LogP contribution in [0.4, 0.5) is 15.8 Å². The first-order valence-corrected chi connectivity index (χ1v) is 12.1. The van der Waals surface area contributed by atoms with Crippen LogP contribution in [0.2, 0.25) is 0 Å². The summed E-state index contributed by atoms with van der Waals surface area (Å²) >= 11 is 0. The maximum absolute atomic E-state index is 14.0. The van der Waals surface area contributed by atoms with Crippen molar-refractivity contribution in [2.24, 2.45) is 0 Å². The summed E-state index contributed by atoms with van der Waals surface area (Å²) in [7, 11) is 0. The van der Waals surface area contributed by atoms with Crippen molar-refractivity contribution in [1.82, 2.24) is 0 Å². The Kier molecular flexibility index (Phi) is 7.41. The summed E-state index contributed by atoms with van der Waals surface area (Å²) in [5, 5.41) is 0. The lowest BCUT2D eigenvalue weighted by molar-refractivity contribution is -0.119. The van der Waals surface area contributed by atoms with Crippen molar-refractivity contribution < 1.29 is 14.0 Å². The van der Waals surface area contributed by atoms with Crippen LogP contribution in [-0.4, -0.2) is 17.9 Å². The Balaban J connectivity index is 1.76. The second-order valence-corrected chi connectivity index (χ2v) is 8.90. The van der Waals surface area contributed by atoms with Crippen molar-refractivity contribution in [3.8, 4) is 0 Å². The Morgan fingerprint density at radius 3 is 2.44 bits per heavy atom. The van der Waals surface area contributed by atoms with E-state index in [0.29, 0.717) is 18.4 Å². The molecule has 1 aliphatic heterocycles. The van der Waals surface area contributed by atoms with E-state index in [0.717, 1.165) is 36.2 Å². The SMILES string of the molecule is CCCCCC(=O)N1c2ccccc2[C@@H](N(C(=O)c2cccc(F)c2)c2ccccc2)C[C@@H]1C. The largest absolute Gasteiger partial charge is 0.309 e. The molecule has 3 aromatic rings. The lowest BCUT2D eigenvalue weighted by Crippen LogP contribution is -2.47. The molecule has 1 heterocycles. The quantitative estimate of drug-likeness (QED) is 0.361. The van der Waals surface area contributed by atoms with Crippen LogP contribution in [0.3, 0.4) is 0 Å². The molecule has 0 fully saturated rings. The third kappa shape index (κ3) is 4.89. The van der Waals surface area contributed by atoms with Crippen molar-refractivity contribution in [1.29, 1.82) is 0 Å². The van der Waals surface area contributed by atoms with Gasteiger partial charge in [-0.15, -0.1) is 0 Å². The number of hydrogen-bond donors (Lipinski definition) is 0. The summed E-state index contributed by atoms with van der Waals surface area (Å²) in [5.41, 5.74) is 2.82. The van der Waals surface area contributed by atoms with Crippen LogP contribution in [0.1, 0.15) is 67.9 Å². The summed E-state index contributed by atoms with van der Waals surface area (Å²) in [6, 6.07) is 22.8. The number of hydrogen-bond acceptors (Lipinski definition) is 2. The number of carbonyl (C=O) groups is 2. The second kappa shape index (κ2) is 10.6. The number of rotatable bonds is 7. The third-order valence-electron chi connectivity index (χ3n) is 6.46. The molecule has 34 heavy (non-hydrogen) atoms. The molecular weight excluding hydrogens is 427 g/mol. The average molecular weight is 459 g/mol. The zero-order chi connectivity index (χ0) is 24.1. The summed E-state index contributed by atoms with van der Waals surface area (Å²) in [5.74, 6) is -0.588. The Bertz CT molecular complexity index is 1150. The van der Waals surface area contributed by atoms with Gasteiger partial charge in [-0.05, 0) is 61.7 Å². The summed E-state index contributed by atoms with van der Waals surface area (Å²) in [4.78, 5) is 30.6. The molecule has 0 spiro atoms. The van der Waals surface area contributed by atoms with Crippen molar-refractivity contribution in [2.75, 3.05) is 9.80 Å². The minimum absolute atomic E-state index is 0.0828. The highest BCUT2D eigenvalue weighted by Crippen LogP contribution is 2.43. The molecule has 0 unspecified atom stereocenters. The number of nitrogens with zero attached hydrogens (tertiary/aromatic N) is 2. The normalized spacial score (nSPS) is 17.2. The molecule has 4 nitrogen and oxygen atoms in total. The molecule has 0 bridgehead atoms. The zero-order valence-corrected chi connectivity index (χ0v) is 19.8. The number of carbonyl (C=O) groups excluding carboxylic acids is 2. The van der Waals surface area contributed by atoms with Crippen LogP contribution in [0, 0.1) is 5.82 Å². The van der Waals surface area contributed by atoms with Gasteiger partial charge < -0.3 is 9.80 Å².